The number of aryl methyl sites for hydroxylation is 1. The van der Waals surface area contributed by atoms with Gasteiger partial charge in [-0.25, -0.2) is 8.42 Å². The number of amides is 2. The van der Waals surface area contributed by atoms with E-state index in [4.69, 9.17) is 18.9 Å². The van der Waals surface area contributed by atoms with E-state index in [0.29, 0.717) is 18.0 Å². The molecule has 244 valence electrons. The van der Waals surface area contributed by atoms with E-state index in [1.807, 2.05) is 38.1 Å². The van der Waals surface area contributed by atoms with Crippen molar-refractivity contribution in [3.63, 3.8) is 0 Å². The van der Waals surface area contributed by atoms with E-state index in [1.54, 1.807) is 19.1 Å². The largest absolute Gasteiger partial charge is 0.497 e. The number of methoxy groups -OCH3 is 4. The normalized spacial score (nSPS) is 11.7. The molecular formula is C33H43N3O8S. The second kappa shape index (κ2) is 16.0. The molecule has 1 unspecified atom stereocenters. The average Bonchev–Trinajstić information content (AvgIpc) is 3.05. The zero-order valence-corrected chi connectivity index (χ0v) is 27.8. The Morgan fingerprint density at radius 1 is 0.844 bits per heavy atom. The van der Waals surface area contributed by atoms with Crippen LogP contribution in [0.5, 0.6) is 23.0 Å². The summed E-state index contributed by atoms with van der Waals surface area (Å²) in [6, 6.07) is 15.5. The molecule has 0 fully saturated rings. The van der Waals surface area contributed by atoms with Gasteiger partial charge in [-0.1, -0.05) is 43.2 Å². The molecule has 0 aliphatic rings. The third-order valence-electron chi connectivity index (χ3n) is 7.35. The molecule has 0 aliphatic heterocycles. The molecule has 3 aromatic rings. The summed E-state index contributed by atoms with van der Waals surface area (Å²) in [5.74, 6) is 0.153. The van der Waals surface area contributed by atoms with Crippen molar-refractivity contribution in [1.29, 1.82) is 0 Å². The van der Waals surface area contributed by atoms with Gasteiger partial charge in [-0.15, -0.1) is 0 Å². The number of sulfonamides is 1. The number of benzene rings is 3. The van der Waals surface area contributed by atoms with Gasteiger partial charge in [-0.3, -0.25) is 13.9 Å². The maximum Gasteiger partial charge on any atom is 0.265 e. The molecule has 0 heterocycles. The Balaban J connectivity index is 2.14. The molecule has 1 N–H and O–H groups in total. The first-order valence-electron chi connectivity index (χ1n) is 14.6. The monoisotopic (exact) mass is 641 g/mol. The summed E-state index contributed by atoms with van der Waals surface area (Å²) in [6.07, 6.45) is 1.68. The Kier molecular flexibility index (Phi) is 12.5. The highest BCUT2D eigenvalue weighted by atomic mass is 32.2. The molecule has 0 radical (unpaired) electrons. The molecule has 0 bridgehead atoms. The fraction of sp³-hybridized carbons (Fsp3) is 0.394. The molecule has 45 heavy (non-hydrogen) atoms. The lowest BCUT2D eigenvalue weighted by Gasteiger charge is -2.32. The second-order valence-corrected chi connectivity index (χ2v) is 12.3. The van der Waals surface area contributed by atoms with Crippen molar-refractivity contribution in [2.75, 3.05) is 45.8 Å². The zero-order valence-electron chi connectivity index (χ0n) is 27.0. The first kappa shape index (κ1) is 35.0. The highest BCUT2D eigenvalue weighted by Crippen LogP contribution is 2.37. The highest BCUT2D eigenvalue weighted by Gasteiger charge is 2.34. The molecule has 12 heteroatoms. The van der Waals surface area contributed by atoms with Gasteiger partial charge in [0.25, 0.3) is 10.0 Å². The van der Waals surface area contributed by atoms with Crippen LogP contribution in [-0.2, 0) is 26.2 Å². The van der Waals surface area contributed by atoms with E-state index < -0.39 is 28.5 Å². The molecule has 0 aliphatic carbocycles. The molecule has 1 atom stereocenters. The summed E-state index contributed by atoms with van der Waals surface area (Å²) in [5, 5.41) is 2.88. The number of carbonyl (C=O) groups excluding carboxylic acids is 2. The predicted octanol–water partition coefficient (Wildman–Crippen LogP) is 4.56. The zero-order chi connectivity index (χ0) is 33.1. The Bertz CT molecular complexity index is 1560. The van der Waals surface area contributed by atoms with E-state index in [0.717, 1.165) is 28.3 Å². The standard InChI is InChI=1S/C33H43N3O8S/c1-8-9-18-34-33(38)24(3)35(21-25-12-10-23(2)11-13-25)32(37)22-36(28-19-26(41-4)14-16-29(28)42-5)45(39,40)27-15-17-30(43-6)31(20-27)44-7/h10-17,19-20,24H,8-9,18,21-22H2,1-7H3,(H,34,38). The Labute approximate surface area is 266 Å². The lowest BCUT2D eigenvalue weighted by molar-refractivity contribution is -0.139. The number of nitrogens with one attached hydrogen (secondary N) is 1. The lowest BCUT2D eigenvalue weighted by Crippen LogP contribution is -2.51. The number of unbranched alkanes of at least 4 members (excludes halogenated alkanes) is 1. The van der Waals surface area contributed by atoms with Crippen LogP contribution in [0.3, 0.4) is 0 Å². The van der Waals surface area contributed by atoms with Crippen LogP contribution in [0.1, 0.15) is 37.8 Å². The maximum atomic E-state index is 14.4. The fourth-order valence-corrected chi connectivity index (χ4v) is 6.05. The van der Waals surface area contributed by atoms with Crippen molar-refractivity contribution < 1.29 is 37.0 Å². The minimum absolute atomic E-state index is 0.0790. The van der Waals surface area contributed by atoms with Gasteiger partial charge in [0.05, 0.1) is 39.0 Å². The minimum Gasteiger partial charge on any atom is -0.497 e. The van der Waals surface area contributed by atoms with Gasteiger partial charge in [0.15, 0.2) is 11.5 Å². The topological polar surface area (TPSA) is 124 Å². The number of carbonyl (C=O) groups is 2. The molecule has 3 rings (SSSR count). The highest BCUT2D eigenvalue weighted by molar-refractivity contribution is 7.92. The van der Waals surface area contributed by atoms with Crippen molar-refractivity contribution in [1.82, 2.24) is 10.2 Å². The third-order valence-corrected chi connectivity index (χ3v) is 9.10. The fourth-order valence-electron chi connectivity index (χ4n) is 4.62. The van der Waals surface area contributed by atoms with Crippen molar-refractivity contribution in [3.8, 4) is 23.0 Å². The number of ether oxygens (including phenoxy) is 4. The predicted molar refractivity (Wildman–Crippen MR) is 173 cm³/mol. The van der Waals surface area contributed by atoms with E-state index in [1.165, 1.54) is 57.6 Å². The van der Waals surface area contributed by atoms with E-state index in [9.17, 15) is 18.0 Å². The quantitative estimate of drug-likeness (QED) is 0.226. The third kappa shape index (κ3) is 8.59. The molecule has 2 amide bonds. The van der Waals surface area contributed by atoms with Gasteiger partial charge >= 0.3 is 0 Å². The van der Waals surface area contributed by atoms with E-state index in [2.05, 4.69) is 5.32 Å². The molecule has 3 aromatic carbocycles. The van der Waals surface area contributed by atoms with Crippen LogP contribution in [0.25, 0.3) is 0 Å². The molecule has 0 aromatic heterocycles. The number of anilines is 1. The Morgan fingerprint density at radius 2 is 1.49 bits per heavy atom. The van der Waals surface area contributed by atoms with Crippen molar-refractivity contribution >= 4 is 27.5 Å². The van der Waals surface area contributed by atoms with Crippen LogP contribution in [0.2, 0.25) is 0 Å². The van der Waals surface area contributed by atoms with Gasteiger partial charge < -0.3 is 29.2 Å². The molecule has 0 saturated heterocycles. The second-order valence-electron chi connectivity index (χ2n) is 10.4. The van der Waals surface area contributed by atoms with Crippen molar-refractivity contribution in [3.05, 3.63) is 71.8 Å². The van der Waals surface area contributed by atoms with Gasteiger partial charge in [0.1, 0.15) is 24.1 Å². The average molecular weight is 642 g/mol. The summed E-state index contributed by atoms with van der Waals surface area (Å²) >= 11 is 0. The maximum absolute atomic E-state index is 14.4. The first-order valence-corrected chi connectivity index (χ1v) is 16.0. The number of nitrogens with zero attached hydrogens (tertiary/aromatic N) is 2. The van der Waals surface area contributed by atoms with Crippen LogP contribution in [0.4, 0.5) is 5.69 Å². The minimum atomic E-state index is -4.43. The van der Waals surface area contributed by atoms with Crippen molar-refractivity contribution in [2.24, 2.45) is 0 Å². The summed E-state index contributed by atoms with van der Waals surface area (Å²) in [6.45, 7) is 5.51. The van der Waals surface area contributed by atoms with Gasteiger partial charge in [0, 0.05) is 25.2 Å². The van der Waals surface area contributed by atoms with Crippen LogP contribution < -0.4 is 28.6 Å². The number of hydrogen-bond acceptors (Lipinski definition) is 8. The van der Waals surface area contributed by atoms with Crippen LogP contribution in [0, 0.1) is 6.92 Å². The van der Waals surface area contributed by atoms with Gasteiger partial charge in [-0.2, -0.15) is 0 Å². The smallest absolute Gasteiger partial charge is 0.265 e. The van der Waals surface area contributed by atoms with Crippen molar-refractivity contribution in [2.45, 2.75) is 51.1 Å². The Hall–Kier alpha value is -4.45. The first-order chi connectivity index (χ1) is 21.5. The van der Waals surface area contributed by atoms with Gasteiger partial charge in [-0.05, 0) is 50.1 Å². The van der Waals surface area contributed by atoms with E-state index >= 15 is 0 Å². The number of rotatable bonds is 16. The molecule has 11 nitrogen and oxygen atoms in total. The molecule has 0 saturated carbocycles. The van der Waals surface area contributed by atoms with Gasteiger partial charge in [0.2, 0.25) is 11.8 Å². The summed E-state index contributed by atoms with van der Waals surface area (Å²) in [7, 11) is 1.27. The summed E-state index contributed by atoms with van der Waals surface area (Å²) in [5.41, 5.74) is 1.91. The lowest BCUT2D eigenvalue weighted by atomic mass is 10.1. The van der Waals surface area contributed by atoms with E-state index in [-0.39, 0.29) is 34.5 Å². The molecular weight excluding hydrogens is 598 g/mol. The SMILES string of the molecule is CCCCNC(=O)C(C)N(Cc1ccc(C)cc1)C(=O)CN(c1cc(OC)ccc1OC)S(=O)(=O)c1ccc(OC)c(OC)c1. The van der Waals surface area contributed by atoms with Crippen LogP contribution in [-0.4, -0.2) is 72.7 Å². The number of hydrogen-bond donors (Lipinski definition) is 1. The molecule has 0 spiro atoms. The Morgan fingerprint density at radius 3 is 2.09 bits per heavy atom. The van der Waals surface area contributed by atoms with Crippen LogP contribution in [0.15, 0.2) is 65.6 Å². The summed E-state index contributed by atoms with van der Waals surface area (Å²) in [4.78, 5) is 28.7. The summed E-state index contributed by atoms with van der Waals surface area (Å²) < 4.78 is 51.3. The van der Waals surface area contributed by atoms with Crippen LogP contribution >= 0.6 is 0 Å².